The Morgan fingerprint density at radius 1 is 1.27 bits per heavy atom. The fourth-order valence-electron chi connectivity index (χ4n) is 2.62. The van der Waals surface area contributed by atoms with Gasteiger partial charge >= 0.3 is 5.97 Å². The third-order valence-electron chi connectivity index (χ3n) is 4.01. The van der Waals surface area contributed by atoms with Gasteiger partial charge in [-0.25, -0.2) is 9.67 Å². The van der Waals surface area contributed by atoms with E-state index in [-0.39, 0.29) is 6.04 Å². The average Bonchev–Trinajstić information content (AvgIpc) is 3.19. The van der Waals surface area contributed by atoms with Crippen LogP contribution in [0.15, 0.2) is 24.4 Å². The highest BCUT2D eigenvalue weighted by atomic mass is 32.1. The smallest absolute Gasteiger partial charge is 0.325 e. The molecular formula is C18H20N4O3S. The van der Waals surface area contributed by atoms with Crippen LogP contribution in [0.1, 0.15) is 42.0 Å². The number of fused-ring (bicyclic) bond motifs is 1. The van der Waals surface area contributed by atoms with Crippen molar-refractivity contribution in [3.63, 3.8) is 0 Å². The van der Waals surface area contributed by atoms with Gasteiger partial charge in [-0.3, -0.25) is 9.59 Å². The molecule has 0 aliphatic carbocycles. The molecule has 3 aromatic rings. The molecule has 2 N–H and O–H groups in total. The largest absolute Gasteiger partial charge is 0.480 e. The molecule has 8 heteroatoms. The van der Waals surface area contributed by atoms with Gasteiger partial charge in [0.15, 0.2) is 5.65 Å². The van der Waals surface area contributed by atoms with Crippen molar-refractivity contribution in [1.82, 2.24) is 20.1 Å². The lowest BCUT2D eigenvalue weighted by atomic mass is 10.1. The summed E-state index contributed by atoms with van der Waals surface area (Å²) in [7, 11) is 0. The van der Waals surface area contributed by atoms with E-state index >= 15 is 0 Å². The van der Waals surface area contributed by atoms with Gasteiger partial charge in [-0.2, -0.15) is 5.10 Å². The summed E-state index contributed by atoms with van der Waals surface area (Å²) in [4.78, 5) is 30.6. The lowest BCUT2D eigenvalue weighted by Gasteiger charge is -2.12. The Morgan fingerprint density at radius 2 is 2.00 bits per heavy atom. The van der Waals surface area contributed by atoms with Crippen LogP contribution in [-0.4, -0.2) is 37.8 Å². The van der Waals surface area contributed by atoms with E-state index in [1.807, 2.05) is 32.9 Å². The zero-order valence-corrected chi connectivity index (χ0v) is 15.8. The molecule has 0 radical (unpaired) electrons. The number of nitrogens with one attached hydrogen (secondary N) is 1. The molecule has 0 saturated carbocycles. The lowest BCUT2D eigenvalue weighted by Crippen LogP contribution is -2.38. The third kappa shape index (κ3) is 3.32. The van der Waals surface area contributed by atoms with Crippen molar-refractivity contribution in [2.24, 2.45) is 0 Å². The molecule has 0 saturated heterocycles. The van der Waals surface area contributed by atoms with Crippen molar-refractivity contribution in [2.45, 2.75) is 39.8 Å². The van der Waals surface area contributed by atoms with Crippen LogP contribution in [0.25, 0.3) is 21.6 Å². The maximum Gasteiger partial charge on any atom is 0.325 e. The van der Waals surface area contributed by atoms with Gasteiger partial charge in [-0.1, -0.05) is 0 Å². The van der Waals surface area contributed by atoms with E-state index in [0.717, 1.165) is 9.75 Å². The third-order valence-corrected chi connectivity index (χ3v) is 5.03. The summed E-state index contributed by atoms with van der Waals surface area (Å²) < 4.78 is 1.76. The molecule has 3 rings (SSSR count). The Labute approximate surface area is 154 Å². The number of carbonyl (C=O) groups is 2. The molecule has 1 atom stereocenters. The first-order valence-corrected chi connectivity index (χ1v) is 9.08. The Hall–Kier alpha value is -2.74. The average molecular weight is 372 g/mol. The Kier molecular flexibility index (Phi) is 4.78. The van der Waals surface area contributed by atoms with Gasteiger partial charge in [0.25, 0.3) is 5.91 Å². The van der Waals surface area contributed by atoms with Crippen molar-refractivity contribution in [3.05, 3.63) is 34.8 Å². The minimum absolute atomic E-state index is 0.0779. The van der Waals surface area contributed by atoms with Crippen LogP contribution < -0.4 is 5.32 Å². The van der Waals surface area contributed by atoms with Crippen LogP contribution in [0.4, 0.5) is 0 Å². The highest BCUT2D eigenvalue weighted by Gasteiger charge is 2.21. The van der Waals surface area contributed by atoms with Gasteiger partial charge in [0, 0.05) is 10.9 Å². The van der Waals surface area contributed by atoms with E-state index in [4.69, 9.17) is 10.1 Å². The number of nitrogens with zero attached hydrogens (tertiary/aromatic N) is 3. The summed E-state index contributed by atoms with van der Waals surface area (Å²) in [5.74, 6) is -1.54. The molecule has 0 aliphatic heterocycles. The summed E-state index contributed by atoms with van der Waals surface area (Å²) >= 11 is 1.59. The van der Waals surface area contributed by atoms with Gasteiger partial charge in [0.2, 0.25) is 0 Å². The summed E-state index contributed by atoms with van der Waals surface area (Å²) in [6, 6.07) is 4.75. The minimum atomic E-state index is -1.09. The Morgan fingerprint density at radius 3 is 2.58 bits per heavy atom. The lowest BCUT2D eigenvalue weighted by molar-refractivity contribution is -0.138. The molecular weight excluding hydrogens is 352 g/mol. The minimum Gasteiger partial charge on any atom is -0.480 e. The summed E-state index contributed by atoms with van der Waals surface area (Å²) in [6.45, 7) is 7.41. The fraction of sp³-hybridized carbons (Fsp3) is 0.333. The second-order valence-corrected chi connectivity index (χ2v) is 7.71. The molecule has 0 fully saturated rings. The number of rotatable bonds is 5. The topological polar surface area (TPSA) is 97.1 Å². The number of carboxylic acids is 1. The molecule has 1 amide bonds. The van der Waals surface area contributed by atoms with Crippen LogP contribution in [0.2, 0.25) is 0 Å². The number of hydrogen-bond donors (Lipinski definition) is 2. The first-order valence-electron chi connectivity index (χ1n) is 8.26. The SMILES string of the molecule is Cc1ccc(-c2cc(C(=O)N[C@H](C)C(=O)O)c3cnn(C(C)C)c3n2)s1. The van der Waals surface area contributed by atoms with Crippen LogP contribution in [0.5, 0.6) is 0 Å². The van der Waals surface area contributed by atoms with E-state index < -0.39 is 17.9 Å². The van der Waals surface area contributed by atoms with Crippen molar-refractivity contribution in [3.8, 4) is 10.6 Å². The van der Waals surface area contributed by atoms with Crippen molar-refractivity contribution < 1.29 is 14.7 Å². The number of hydrogen-bond acceptors (Lipinski definition) is 5. The van der Waals surface area contributed by atoms with Gasteiger partial charge < -0.3 is 10.4 Å². The monoisotopic (exact) mass is 372 g/mol. The van der Waals surface area contributed by atoms with E-state index in [1.54, 1.807) is 28.3 Å². The second kappa shape index (κ2) is 6.87. The highest BCUT2D eigenvalue weighted by molar-refractivity contribution is 7.15. The van der Waals surface area contributed by atoms with E-state index in [1.165, 1.54) is 6.92 Å². The molecule has 3 heterocycles. The molecule has 7 nitrogen and oxygen atoms in total. The maximum atomic E-state index is 12.7. The van der Waals surface area contributed by atoms with Crippen LogP contribution in [0, 0.1) is 6.92 Å². The summed E-state index contributed by atoms with van der Waals surface area (Å²) in [6.07, 6.45) is 1.60. The number of amides is 1. The van der Waals surface area contributed by atoms with Gasteiger partial charge in [0.05, 0.1) is 27.7 Å². The molecule has 26 heavy (non-hydrogen) atoms. The standard InChI is InChI=1S/C18H20N4O3S/c1-9(2)22-16-13(8-19-22)12(17(23)20-11(4)18(24)25)7-14(21-16)15-6-5-10(3)26-15/h5-9,11H,1-4H3,(H,20,23)(H,24,25)/t11-/m1/s1. The quantitative estimate of drug-likeness (QED) is 0.716. The number of aliphatic carboxylic acids is 1. The van der Waals surface area contributed by atoms with Crippen molar-refractivity contribution >= 4 is 34.2 Å². The van der Waals surface area contributed by atoms with E-state index in [2.05, 4.69) is 10.4 Å². The molecule has 0 spiro atoms. The first kappa shape index (κ1) is 18.1. The molecule has 0 aromatic carbocycles. The van der Waals surface area contributed by atoms with E-state index in [0.29, 0.717) is 22.3 Å². The van der Waals surface area contributed by atoms with Crippen LogP contribution in [0.3, 0.4) is 0 Å². The zero-order chi connectivity index (χ0) is 19.0. The van der Waals surface area contributed by atoms with Gasteiger partial charge in [0.1, 0.15) is 6.04 Å². The number of aryl methyl sites for hydroxylation is 1. The highest BCUT2D eigenvalue weighted by Crippen LogP contribution is 2.30. The predicted molar refractivity (Wildman–Crippen MR) is 101 cm³/mol. The van der Waals surface area contributed by atoms with Crippen molar-refractivity contribution in [1.29, 1.82) is 0 Å². The number of carbonyl (C=O) groups excluding carboxylic acids is 1. The summed E-state index contributed by atoms with van der Waals surface area (Å²) in [5, 5.41) is 16.5. The maximum absolute atomic E-state index is 12.7. The van der Waals surface area contributed by atoms with Crippen molar-refractivity contribution in [2.75, 3.05) is 0 Å². The summed E-state index contributed by atoms with van der Waals surface area (Å²) in [5.41, 5.74) is 1.65. The predicted octanol–water partition coefficient (Wildman–Crippen LogP) is 3.25. The van der Waals surface area contributed by atoms with Crippen LogP contribution >= 0.6 is 11.3 Å². The zero-order valence-electron chi connectivity index (χ0n) is 15.0. The number of thiophene rings is 1. The first-order chi connectivity index (χ1) is 12.3. The normalized spacial score (nSPS) is 12.5. The fourth-order valence-corrected chi connectivity index (χ4v) is 3.45. The number of carboxylic acid groups (broad SMARTS) is 1. The molecule has 0 bridgehead atoms. The molecule has 0 aliphatic rings. The molecule has 136 valence electrons. The van der Waals surface area contributed by atoms with Gasteiger partial charge in [-0.15, -0.1) is 11.3 Å². The second-order valence-electron chi connectivity index (χ2n) is 6.42. The molecule has 3 aromatic heterocycles. The van der Waals surface area contributed by atoms with Crippen LogP contribution in [-0.2, 0) is 4.79 Å². The van der Waals surface area contributed by atoms with E-state index in [9.17, 15) is 9.59 Å². The number of pyridine rings is 1. The van der Waals surface area contributed by atoms with Gasteiger partial charge in [-0.05, 0) is 45.9 Å². The Bertz CT molecular complexity index is 990. The Balaban J connectivity index is 2.17. The molecule has 0 unspecified atom stereocenters. The number of aromatic nitrogens is 3.